The standard InChI is InChI=1S/C15H15FN2O3S/c16-9-3-6-12-11(7-9)13(19)18(15(22)17-12)10-4-1-8(2-5-10)14(20)21/h1-2,4-5,9,11-12H,3,6-7H2,(H,17,22)(H,20,21). The summed E-state index contributed by atoms with van der Waals surface area (Å²) in [7, 11) is 0. The second kappa shape index (κ2) is 5.64. The maximum atomic E-state index is 13.6. The molecule has 3 atom stereocenters. The molecule has 5 nitrogen and oxygen atoms in total. The van der Waals surface area contributed by atoms with Crippen LogP contribution in [0, 0.1) is 5.92 Å². The highest BCUT2D eigenvalue weighted by Crippen LogP contribution is 2.33. The Morgan fingerprint density at radius 2 is 2.00 bits per heavy atom. The van der Waals surface area contributed by atoms with Crippen LogP contribution in [0.25, 0.3) is 0 Å². The van der Waals surface area contributed by atoms with Gasteiger partial charge in [-0.15, -0.1) is 0 Å². The normalized spacial score (nSPS) is 28.0. The molecule has 0 spiro atoms. The zero-order chi connectivity index (χ0) is 15.9. The number of aromatic carboxylic acids is 1. The minimum atomic E-state index is -1.04. The van der Waals surface area contributed by atoms with Crippen LogP contribution < -0.4 is 10.2 Å². The number of nitrogens with zero attached hydrogens (tertiary/aromatic N) is 1. The maximum absolute atomic E-state index is 13.6. The van der Waals surface area contributed by atoms with E-state index in [4.69, 9.17) is 17.3 Å². The minimum absolute atomic E-state index is 0.110. The van der Waals surface area contributed by atoms with Crippen LogP contribution >= 0.6 is 12.2 Å². The van der Waals surface area contributed by atoms with Gasteiger partial charge in [-0.25, -0.2) is 9.18 Å². The van der Waals surface area contributed by atoms with Crippen molar-refractivity contribution in [2.75, 3.05) is 4.90 Å². The largest absolute Gasteiger partial charge is 0.478 e. The fourth-order valence-corrected chi connectivity index (χ4v) is 3.40. The third-order valence-corrected chi connectivity index (χ3v) is 4.51. The molecule has 116 valence electrons. The molecule has 0 bridgehead atoms. The zero-order valence-corrected chi connectivity index (χ0v) is 12.5. The van der Waals surface area contributed by atoms with Crippen LogP contribution in [0.1, 0.15) is 29.6 Å². The fraction of sp³-hybridized carbons (Fsp3) is 0.400. The number of nitrogens with one attached hydrogen (secondary N) is 1. The van der Waals surface area contributed by atoms with Gasteiger partial charge < -0.3 is 10.4 Å². The summed E-state index contributed by atoms with van der Waals surface area (Å²) in [5.74, 6) is -1.70. The third-order valence-electron chi connectivity index (χ3n) is 4.21. The van der Waals surface area contributed by atoms with Gasteiger partial charge in [0, 0.05) is 6.04 Å². The predicted octanol–water partition coefficient (Wildman–Crippen LogP) is 2.11. The second-order valence-corrected chi connectivity index (χ2v) is 5.99. The number of carboxylic acids is 1. The Morgan fingerprint density at radius 3 is 2.64 bits per heavy atom. The van der Waals surface area contributed by atoms with E-state index >= 15 is 0 Å². The molecular formula is C15H15FN2O3S. The number of benzene rings is 1. The molecule has 2 N–H and O–H groups in total. The third kappa shape index (κ3) is 2.56. The minimum Gasteiger partial charge on any atom is -0.478 e. The first-order valence-electron chi connectivity index (χ1n) is 7.09. The topological polar surface area (TPSA) is 69.6 Å². The van der Waals surface area contributed by atoms with Crippen LogP contribution in [-0.4, -0.2) is 34.3 Å². The van der Waals surface area contributed by atoms with Gasteiger partial charge in [0.05, 0.1) is 17.2 Å². The van der Waals surface area contributed by atoms with E-state index in [1.807, 2.05) is 0 Å². The molecule has 1 saturated carbocycles. The molecule has 7 heteroatoms. The molecule has 0 radical (unpaired) electrons. The first kappa shape index (κ1) is 14.9. The number of halogens is 1. The van der Waals surface area contributed by atoms with E-state index in [9.17, 15) is 14.0 Å². The van der Waals surface area contributed by atoms with Gasteiger partial charge >= 0.3 is 5.97 Å². The van der Waals surface area contributed by atoms with Crippen molar-refractivity contribution < 1.29 is 19.1 Å². The van der Waals surface area contributed by atoms with Crippen molar-refractivity contribution in [2.24, 2.45) is 5.92 Å². The van der Waals surface area contributed by atoms with Crippen molar-refractivity contribution in [3.05, 3.63) is 29.8 Å². The summed E-state index contributed by atoms with van der Waals surface area (Å²) < 4.78 is 13.6. The highest BCUT2D eigenvalue weighted by atomic mass is 32.1. The number of amides is 1. The average Bonchev–Trinajstić information content (AvgIpc) is 2.49. The molecule has 1 heterocycles. The van der Waals surface area contributed by atoms with Crippen LogP contribution in [0.5, 0.6) is 0 Å². The number of carbonyl (C=O) groups excluding carboxylic acids is 1. The van der Waals surface area contributed by atoms with Crippen LogP contribution in [0.15, 0.2) is 24.3 Å². The molecule has 1 amide bonds. The summed E-state index contributed by atoms with van der Waals surface area (Å²) in [6.07, 6.45) is 0.263. The van der Waals surface area contributed by atoms with Gasteiger partial charge in [-0.3, -0.25) is 9.69 Å². The number of rotatable bonds is 2. The number of thiocarbonyl (C=S) groups is 1. The second-order valence-electron chi connectivity index (χ2n) is 5.60. The Hall–Kier alpha value is -2.02. The van der Waals surface area contributed by atoms with Gasteiger partial charge in [-0.1, -0.05) is 0 Å². The van der Waals surface area contributed by atoms with Gasteiger partial charge in [0.2, 0.25) is 5.91 Å². The number of carbonyl (C=O) groups is 2. The smallest absolute Gasteiger partial charge is 0.335 e. The summed E-state index contributed by atoms with van der Waals surface area (Å²) in [6.45, 7) is 0. The van der Waals surface area contributed by atoms with Crippen LogP contribution in [0.3, 0.4) is 0 Å². The molecule has 22 heavy (non-hydrogen) atoms. The molecular weight excluding hydrogens is 307 g/mol. The van der Waals surface area contributed by atoms with Crippen molar-refractivity contribution in [1.82, 2.24) is 5.32 Å². The molecule has 3 rings (SSSR count). The number of anilines is 1. The molecule has 1 aliphatic heterocycles. The van der Waals surface area contributed by atoms with Crippen molar-refractivity contribution in [2.45, 2.75) is 31.5 Å². The van der Waals surface area contributed by atoms with Gasteiger partial charge in [0.1, 0.15) is 6.17 Å². The fourth-order valence-electron chi connectivity index (χ4n) is 3.05. The van der Waals surface area contributed by atoms with E-state index in [1.54, 1.807) is 0 Å². The first-order valence-corrected chi connectivity index (χ1v) is 7.50. The summed E-state index contributed by atoms with van der Waals surface area (Å²) in [4.78, 5) is 24.9. The quantitative estimate of drug-likeness (QED) is 0.816. The number of carboxylic acid groups (broad SMARTS) is 1. The first-order chi connectivity index (χ1) is 10.5. The lowest BCUT2D eigenvalue weighted by Crippen LogP contribution is -2.61. The molecule has 0 aromatic heterocycles. The van der Waals surface area contributed by atoms with Gasteiger partial charge in [-0.05, 0) is 55.7 Å². The van der Waals surface area contributed by atoms with Crippen LogP contribution in [0.2, 0.25) is 0 Å². The number of hydrogen-bond donors (Lipinski definition) is 2. The summed E-state index contributed by atoms with van der Waals surface area (Å²) in [5.41, 5.74) is 0.624. The van der Waals surface area contributed by atoms with Crippen molar-refractivity contribution >= 4 is 34.9 Å². The Bertz CT molecular complexity index is 634. The Labute approximate surface area is 132 Å². The molecule has 1 aromatic rings. The average molecular weight is 322 g/mol. The Kier molecular flexibility index (Phi) is 3.82. The van der Waals surface area contributed by atoms with E-state index in [0.29, 0.717) is 18.5 Å². The lowest BCUT2D eigenvalue weighted by atomic mass is 9.81. The molecule has 1 aromatic carbocycles. The van der Waals surface area contributed by atoms with Gasteiger partial charge in [-0.2, -0.15) is 0 Å². The molecule has 2 fully saturated rings. The van der Waals surface area contributed by atoms with Gasteiger partial charge in [0.15, 0.2) is 5.11 Å². The summed E-state index contributed by atoms with van der Waals surface area (Å²) in [6, 6.07) is 5.79. The molecule has 1 saturated heterocycles. The van der Waals surface area contributed by atoms with E-state index < -0.39 is 18.1 Å². The van der Waals surface area contributed by atoms with E-state index in [-0.39, 0.29) is 29.0 Å². The number of fused-ring (bicyclic) bond motifs is 1. The predicted molar refractivity (Wildman–Crippen MR) is 82.6 cm³/mol. The maximum Gasteiger partial charge on any atom is 0.335 e. The van der Waals surface area contributed by atoms with Crippen molar-refractivity contribution in [3.63, 3.8) is 0 Å². The molecule has 1 aliphatic carbocycles. The van der Waals surface area contributed by atoms with E-state index in [0.717, 1.165) is 0 Å². The van der Waals surface area contributed by atoms with Gasteiger partial charge in [0.25, 0.3) is 0 Å². The highest BCUT2D eigenvalue weighted by molar-refractivity contribution is 7.80. The van der Waals surface area contributed by atoms with Crippen LogP contribution in [0.4, 0.5) is 10.1 Å². The lowest BCUT2D eigenvalue weighted by molar-refractivity contribution is -0.124. The number of alkyl halides is 1. The molecule has 3 unspecified atom stereocenters. The summed E-state index contributed by atoms with van der Waals surface area (Å²) in [5, 5.41) is 12.3. The zero-order valence-electron chi connectivity index (χ0n) is 11.7. The van der Waals surface area contributed by atoms with Crippen LogP contribution in [-0.2, 0) is 4.79 Å². The van der Waals surface area contributed by atoms with Crippen molar-refractivity contribution in [3.8, 4) is 0 Å². The summed E-state index contributed by atoms with van der Waals surface area (Å²) >= 11 is 5.25. The molecule has 2 aliphatic rings. The van der Waals surface area contributed by atoms with E-state index in [2.05, 4.69) is 5.32 Å². The Morgan fingerprint density at radius 1 is 1.32 bits per heavy atom. The SMILES string of the molecule is O=C(O)c1ccc(N2C(=O)C3CC(F)CCC3NC2=S)cc1. The lowest BCUT2D eigenvalue weighted by Gasteiger charge is -2.42. The van der Waals surface area contributed by atoms with Crippen molar-refractivity contribution in [1.29, 1.82) is 0 Å². The highest BCUT2D eigenvalue weighted by Gasteiger charge is 2.43. The monoisotopic (exact) mass is 322 g/mol. The van der Waals surface area contributed by atoms with E-state index in [1.165, 1.54) is 29.2 Å². The Balaban J connectivity index is 1.87. The number of hydrogen-bond acceptors (Lipinski definition) is 3.